The molecule has 0 unspecified atom stereocenters. The maximum atomic E-state index is 11.6. The van der Waals surface area contributed by atoms with Crippen molar-refractivity contribution in [1.82, 2.24) is 5.01 Å². The number of carbonyl (C=O) groups excluding carboxylic acids is 1. The molecule has 1 amide bonds. The average Bonchev–Trinajstić information content (AvgIpc) is 2.59. The number of carbonyl (C=O) groups is 1. The predicted octanol–water partition coefficient (Wildman–Crippen LogP) is 2.71. The summed E-state index contributed by atoms with van der Waals surface area (Å²) < 4.78 is 0. The Morgan fingerprint density at radius 2 is 2.00 bits per heavy atom. The van der Waals surface area contributed by atoms with E-state index in [-0.39, 0.29) is 18.2 Å². The molecule has 1 aliphatic heterocycles. The third-order valence-electron chi connectivity index (χ3n) is 2.57. The van der Waals surface area contributed by atoms with Gasteiger partial charge in [-0.1, -0.05) is 34.4 Å². The largest absolute Gasteiger partial charge is 0.390 e. The average molecular weight is 300 g/mol. The second-order valence-corrected chi connectivity index (χ2v) is 4.74. The van der Waals surface area contributed by atoms with Crippen LogP contribution in [0.15, 0.2) is 28.5 Å². The molecule has 0 spiro atoms. The molecule has 2 rings (SSSR count). The first kappa shape index (κ1) is 13.8. The predicted molar refractivity (Wildman–Crippen MR) is 74.6 cm³/mol. The standard InChI is InChI=1S/C12H11Cl2N3O2/c1-7-11(12(18)17(2)15-7)16-19-6-8-9(13)4-3-5-10(8)14/h3-5H,6H2,1-2H3. The highest BCUT2D eigenvalue weighted by Gasteiger charge is 2.27. The van der Waals surface area contributed by atoms with E-state index in [0.29, 0.717) is 21.3 Å². The molecule has 0 N–H and O–H groups in total. The molecule has 0 radical (unpaired) electrons. The number of hydrogen-bond acceptors (Lipinski definition) is 4. The number of benzene rings is 1. The summed E-state index contributed by atoms with van der Waals surface area (Å²) in [6.07, 6.45) is 0. The lowest BCUT2D eigenvalue weighted by molar-refractivity contribution is -0.122. The summed E-state index contributed by atoms with van der Waals surface area (Å²) in [7, 11) is 1.55. The van der Waals surface area contributed by atoms with E-state index in [0.717, 1.165) is 0 Å². The van der Waals surface area contributed by atoms with E-state index in [1.54, 1.807) is 32.2 Å². The SMILES string of the molecule is CC1=NN(C)C(=O)C1=NOCc1c(Cl)cccc1Cl. The van der Waals surface area contributed by atoms with Gasteiger partial charge in [-0.25, -0.2) is 5.01 Å². The van der Waals surface area contributed by atoms with Crippen LogP contribution in [0.1, 0.15) is 12.5 Å². The highest BCUT2D eigenvalue weighted by atomic mass is 35.5. The molecule has 1 heterocycles. The Bertz CT molecular complexity index is 564. The first-order chi connectivity index (χ1) is 9.00. The van der Waals surface area contributed by atoms with Gasteiger partial charge in [0.05, 0.1) is 5.71 Å². The molecular weight excluding hydrogens is 289 g/mol. The van der Waals surface area contributed by atoms with Crippen molar-refractivity contribution in [2.24, 2.45) is 10.3 Å². The fourth-order valence-electron chi connectivity index (χ4n) is 1.56. The molecule has 0 aromatic heterocycles. The second kappa shape index (κ2) is 5.59. The van der Waals surface area contributed by atoms with Gasteiger partial charge in [-0.3, -0.25) is 4.79 Å². The van der Waals surface area contributed by atoms with Gasteiger partial charge in [-0.05, 0) is 19.1 Å². The van der Waals surface area contributed by atoms with Gasteiger partial charge in [0.25, 0.3) is 5.91 Å². The summed E-state index contributed by atoms with van der Waals surface area (Å²) in [5, 5.41) is 9.94. The highest BCUT2D eigenvalue weighted by Crippen LogP contribution is 2.24. The molecule has 0 saturated carbocycles. The Balaban J connectivity index is 2.09. The van der Waals surface area contributed by atoms with E-state index in [9.17, 15) is 4.79 Å². The maximum Gasteiger partial charge on any atom is 0.297 e. The minimum atomic E-state index is -0.303. The van der Waals surface area contributed by atoms with Crippen molar-refractivity contribution in [2.45, 2.75) is 13.5 Å². The summed E-state index contributed by atoms with van der Waals surface area (Å²) in [5.74, 6) is -0.303. The van der Waals surface area contributed by atoms with Crippen LogP contribution >= 0.6 is 23.2 Å². The number of halogens is 2. The summed E-state index contributed by atoms with van der Waals surface area (Å²) in [6, 6.07) is 5.16. The third-order valence-corrected chi connectivity index (χ3v) is 3.27. The Labute approximate surface area is 120 Å². The molecule has 19 heavy (non-hydrogen) atoms. The van der Waals surface area contributed by atoms with Gasteiger partial charge in [-0.2, -0.15) is 5.10 Å². The van der Waals surface area contributed by atoms with Crippen molar-refractivity contribution in [3.05, 3.63) is 33.8 Å². The van der Waals surface area contributed by atoms with Crippen LogP contribution in [-0.2, 0) is 16.2 Å². The molecule has 1 aliphatic rings. The van der Waals surface area contributed by atoms with Crippen LogP contribution < -0.4 is 0 Å². The lowest BCUT2D eigenvalue weighted by Crippen LogP contribution is -2.24. The summed E-state index contributed by atoms with van der Waals surface area (Å²) in [5.41, 5.74) is 1.33. The second-order valence-electron chi connectivity index (χ2n) is 3.93. The molecule has 1 aromatic carbocycles. The summed E-state index contributed by atoms with van der Waals surface area (Å²) >= 11 is 12.0. The van der Waals surface area contributed by atoms with Gasteiger partial charge < -0.3 is 4.84 Å². The molecule has 5 nitrogen and oxygen atoms in total. The number of nitrogens with zero attached hydrogens (tertiary/aromatic N) is 3. The van der Waals surface area contributed by atoms with Gasteiger partial charge in [0.1, 0.15) is 6.61 Å². The zero-order valence-electron chi connectivity index (χ0n) is 10.4. The van der Waals surface area contributed by atoms with Gasteiger partial charge in [0.2, 0.25) is 0 Å². The molecule has 0 bridgehead atoms. The lowest BCUT2D eigenvalue weighted by atomic mass is 10.2. The lowest BCUT2D eigenvalue weighted by Gasteiger charge is -2.05. The van der Waals surface area contributed by atoms with Crippen molar-refractivity contribution >= 4 is 40.5 Å². The van der Waals surface area contributed by atoms with E-state index < -0.39 is 0 Å². The number of hydrazone groups is 1. The van der Waals surface area contributed by atoms with Crippen LogP contribution in [0, 0.1) is 0 Å². The van der Waals surface area contributed by atoms with E-state index in [2.05, 4.69) is 10.3 Å². The maximum absolute atomic E-state index is 11.6. The minimum Gasteiger partial charge on any atom is -0.390 e. The summed E-state index contributed by atoms with van der Waals surface area (Å²) in [4.78, 5) is 16.8. The highest BCUT2D eigenvalue weighted by molar-refractivity contribution is 6.68. The molecule has 0 fully saturated rings. The van der Waals surface area contributed by atoms with Crippen LogP contribution in [0.25, 0.3) is 0 Å². The van der Waals surface area contributed by atoms with Gasteiger partial charge in [-0.15, -0.1) is 0 Å². The Kier molecular flexibility index (Phi) is 4.07. The van der Waals surface area contributed by atoms with Crippen molar-refractivity contribution in [3.63, 3.8) is 0 Å². The van der Waals surface area contributed by atoms with Crippen LogP contribution in [0.4, 0.5) is 0 Å². The zero-order valence-corrected chi connectivity index (χ0v) is 11.9. The molecule has 0 atom stereocenters. The van der Waals surface area contributed by atoms with Gasteiger partial charge >= 0.3 is 0 Å². The Morgan fingerprint density at radius 3 is 2.53 bits per heavy atom. The summed E-state index contributed by atoms with van der Waals surface area (Å²) in [6.45, 7) is 1.78. The van der Waals surface area contributed by atoms with E-state index in [1.165, 1.54) is 5.01 Å². The van der Waals surface area contributed by atoms with Gasteiger partial charge in [0.15, 0.2) is 5.71 Å². The van der Waals surface area contributed by atoms with Crippen LogP contribution in [0.5, 0.6) is 0 Å². The normalized spacial score (nSPS) is 17.1. The number of amides is 1. The first-order valence-corrected chi connectivity index (χ1v) is 6.22. The van der Waals surface area contributed by atoms with Crippen molar-refractivity contribution < 1.29 is 9.63 Å². The van der Waals surface area contributed by atoms with Crippen LogP contribution in [0.3, 0.4) is 0 Å². The van der Waals surface area contributed by atoms with Crippen LogP contribution in [-0.4, -0.2) is 29.4 Å². The minimum absolute atomic E-state index is 0.0896. The van der Waals surface area contributed by atoms with Gasteiger partial charge in [0, 0.05) is 22.7 Å². The monoisotopic (exact) mass is 299 g/mol. The first-order valence-electron chi connectivity index (χ1n) is 5.47. The Morgan fingerprint density at radius 1 is 1.37 bits per heavy atom. The molecular formula is C12H11Cl2N3O2. The zero-order chi connectivity index (χ0) is 14.0. The molecule has 100 valence electrons. The number of rotatable bonds is 3. The quantitative estimate of drug-likeness (QED) is 0.806. The van der Waals surface area contributed by atoms with E-state index >= 15 is 0 Å². The van der Waals surface area contributed by atoms with Crippen LogP contribution in [0.2, 0.25) is 10.0 Å². The Hall–Kier alpha value is -1.59. The fourth-order valence-corrected chi connectivity index (χ4v) is 2.07. The fraction of sp³-hybridized carbons (Fsp3) is 0.250. The van der Waals surface area contributed by atoms with Crippen molar-refractivity contribution in [2.75, 3.05) is 7.05 Å². The molecule has 1 aromatic rings. The molecule has 0 aliphatic carbocycles. The number of oxime groups is 1. The molecule has 0 saturated heterocycles. The van der Waals surface area contributed by atoms with E-state index in [4.69, 9.17) is 28.0 Å². The third kappa shape index (κ3) is 2.88. The van der Waals surface area contributed by atoms with E-state index in [1.807, 2.05) is 0 Å². The topological polar surface area (TPSA) is 54.3 Å². The van der Waals surface area contributed by atoms with Crippen molar-refractivity contribution in [1.29, 1.82) is 0 Å². The van der Waals surface area contributed by atoms with Crippen molar-refractivity contribution in [3.8, 4) is 0 Å². The molecule has 7 heteroatoms. The smallest absolute Gasteiger partial charge is 0.297 e. The number of hydrogen-bond donors (Lipinski definition) is 0.